The van der Waals surface area contributed by atoms with Crippen molar-refractivity contribution in [3.63, 3.8) is 0 Å². The van der Waals surface area contributed by atoms with Gasteiger partial charge in [-0.3, -0.25) is 0 Å². The Balaban J connectivity index is 2.93. The number of aliphatic imine (C=N–C) groups is 1. The van der Waals surface area contributed by atoms with Crippen molar-refractivity contribution in [3.8, 4) is 0 Å². The van der Waals surface area contributed by atoms with Gasteiger partial charge in [-0.05, 0) is 31.0 Å². The molecule has 0 unspecified atom stereocenters. The van der Waals surface area contributed by atoms with Gasteiger partial charge >= 0.3 is 0 Å². The first-order chi connectivity index (χ1) is 6.74. The smallest absolute Gasteiger partial charge is 0.240 e. The summed E-state index contributed by atoms with van der Waals surface area (Å²) in [5.74, 6) is 0. The number of nitrogens with zero attached hydrogens (tertiary/aromatic N) is 2. The normalized spacial score (nSPS) is 10.1. The van der Waals surface area contributed by atoms with Crippen LogP contribution in [0.2, 0.25) is 0 Å². The fourth-order valence-electron chi connectivity index (χ4n) is 1.47. The van der Waals surface area contributed by atoms with E-state index in [0.717, 1.165) is 22.2 Å². The number of aromatic nitrogens is 2. The zero-order valence-corrected chi connectivity index (χ0v) is 7.96. The molecule has 14 heavy (non-hydrogen) atoms. The van der Waals surface area contributed by atoms with Crippen LogP contribution < -0.4 is 0 Å². The molecule has 0 bridgehead atoms. The average Bonchev–Trinajstić information content (AvgIpc) is 2.60. The van der Waals surface area contributed by atoms with Crippen molar-refractivity contribution in [1.82, 2.24) is 9.97 Å². The fourth-order valence-corrected chi connectivity index (χ4v) is 1.47. The number of nitrogens with one attached hydrogen (secondary N) is 1. The molecule has 0 radical (unpaired) electrons. The predicted molar refractivity (Wildman–Crippen MR) is 53.3 cm³/mol. The number of rotatable bonds is 1. The van der Waals surface area contributed by atoms with E-state index >= 15 is 0 Å². The molecule has 1 N–H and O–H groups in total. The van der Waals surface area contributed by atoms with E-state index in [1.807, 2.05) is 19.9 Å². The number of aromatic amines is 1. The summed E-state index contributed by atoms with van der Waals surface area (Å²) in [5, 5.41) is 0. The first-order valence-corrected chi connectivity index (χ1v) is 4.25. The molecule has 70 valence electrons. The number of hydrogen-bond acceptors (Lipinski definition) is 3. The van der Waals surface area contributed by atoms with Crippen LogP contribution in [0.3, 0.4) is 0 Å². The van der Waals surface area contributed by atoms with Crippen LogP contribution in [0.15, 0.2) is 17.4 Å². The van der Waals surface area contributed by atoms with Gasteiger partial charge < -0.3 is 4.98 Å². The lowest BCUT2D eigenvalue weighted by atomic mass is 10.1. The molecule has 0 aliphatic rings. The second-order valence-electron chi connectivity index (χ2n) is 3.17. The first kappa shape index (κ1) is 8.66. The molecule has 0 amide bonds. The van der Waals surface area contributed by atoms with Crippen molar-refractivity contribution in [3.05, 3.63) is 23.5 Å². The highest BCUT2D eigenvalue weighted by Gasteiger charge is 2.08. The SMILES string of the molecule is Cc1cc2[nH]cnc2c(N=C=O)c1C. The van der Waals surface area contributed by atoms with E-state index in [-0.39, 0.29) is 0 Å². The van der Waals surface area contributed by atoms with Crippen molar-refractivity contribution in [2.24, 2.45) is 4.99 Å². The Hall–Kier alpha value is -1.93. The van der Waals surface area contributed by atoms with Gasteiger partial charge in [-0.15, -0.1) is 0 Å². The molecule has 2 aromatic rings. The summed E-state index contributed by atoms with van der Waals surface area (Å²) in [5.41, 5.74) is 4.26. The number of benzene rings is 1. The lowest BCUT2D eigenvalue weighted by Crippen LogP contribution is -1.83. The highest BCUT2D eigenvalue weighted by atomic mass is 16.1. The summed E-state index contributed by atoms with van der Waals surface area (Å²) >= 11 is 0. The quantitative estimate of drug-likeness (QED) is 0.549. The molecular formula is C10H9N3O. The summed E-state index contributed by atoms with van der Waals surface area (Å²) in [6.07, 6.45) is 3.15. The number of carbonyl (C=O) groups excluding carboxylic acids is 1. The van der Waals surface area contributed by atoms with E-state index in [4.69, 9.17) is 0 Å². The molecular weight excluding hydrogens is 178 g/mol. The van der Waals surface area contributed by atoms with Gasteiger partial charge in [0.05, 0.1) is 11.8 Å². The van der Waals surface area contributed by atoms with Gasteiger partial charge in [-0.1, -0.05) is 0 Å². The lowest BCUT2D eigenvalue weighted by molar-refractivity contribution is 0.565. The molecule has 2 rings (SSSR count). The van der Waals surface area contributed by atoms with Gasteiger partial charge in [0.25, 0.3) is 0 Å². The van der Waals surface area contributed by atoms with Crippen LogP contribution in [0.1, 0.15) is 11.1 Å². The fraction of sp³-hybridized carbons (Fsp3) is 0.200. The third-order valence-corrected chi connectivity index (χ3v) is 2.36. The van der Waals surface area contributed by atoms with E-state index in [2.05, 4.69) is 15.0 Å². The summed E-state index contributed by atoms with van der Waals surface area (Å²) in [6, 6.07) is 1.99. The maximum Gasteiger partial charge on any atom is 0.240 e. The van der Waals surface area contributed by atoms with Crippen molar-refractivity contribution < 1.29 is 4.79 Å². The minimum atomic E-state index is 0.608. The number of imidazole rings is 1. The van der Waals surface area contributed by atoms with Crippen molar-refractivity contribution in [1.29, 1.82) is 0 Å². The van der Waals surface area contributed by atoms with Crippen molar-refractivity contribution in [2.75, 3.05) is 0 Å². The predicted octanol–water partition coefficient (Wildman–Crippen LogP) is 2.15. The van der Waals surface area contributed by atoms with Crippen LogP contribution in [-0.2, 0) is 4.79 Å². The van der Waals surface area contributed by atoms with Gasteiger partial charge in [0.1, 0.15) is 11.2 Å². The number of aryl methyl sites for hydroxylation is 1. The Morgan fingerprint density at radius 1 is 1.50 bits per heavy atom. The zero-order valence-electron chi connectivity index (χ0n) is 7.96. The third-order valence-electron chi connectivity index (χ3n) is 2.36. The number of isocyanates is 1. The van der Waals surface area contributed by atoms with Crippen molar-refractivity contribution in [2.45, 2.75) is 13.8 Å². The third kappa shape index (κ3) is 1.13. The van der Waals surface area contributed by atoms with Crippen LogP contribution in [0.25, 0.3) is 11.0 Å². The molecule has 0 atom stereocenters. The van der Waals surface area contributed by atoms with Gasteiger partial charge in [0.15, 0.2) is 0 Å². The Morgan fingerprint density at radius 3 is 3.00 bits per heavy atom. The van der Waals surface area contributed by atoms with E-state index in [0.29, 0.717) is 5.69 Å². The second-order valence-corrected chi connectivity index (χ2v) is 3.17. The standard InChI is InChI=1S/C10H9N3O/c1-6-3-8-10(12-4-11-8)9(7(6)2)13-5-14/h3-4H,1-2H3,(H,11,12). The molecule has 1 aromatic heterocycles. The van der Waals surface area contributed by atoms with Gasteiger partial charge in [0.2, 0.25) is 6.08 Å². The van der Waals surface area contributed by atoms with Crippen LogP contribution in [-0.4, -0.2) is 16.0 Å². The molecule has 0 spiro atoms. The zero-order chi connectivity index (χ0) is 10.1. The minimum Gasteiger partial charge on any atom is -0.345 e. The molecule has 4 nitrogen and oxygen atoms in total. The second kappa shape index (κ2) is 3.09. The van der Waals surface area contributed by atoms with Gasteiger partial charge in [-0.25, -0.2) is 9.78 Å². The number of H-pyrrole nitrogens is 1. The molecule has 1 heterocycles. The summed E-state index contributed by atoms with van der Waals surface area (Å²) in [6.45, 7) is 3.89. The Kier molecular flexibility index (Phi) is 1.91. The molecule has 1 aromatic carbocycles. The lowest BCUT2D eigenvalue weighted by Gasteiger charge is -2.03. The Morgan fingerprint density at radius 2 is 2.29 bits per heavy atom. The highest BCUT2D eigenvalue weighted by molar-refractivity contribution is 5.90. The van der Waals surface area contributed by atoms with Crippen LogP contribution in [0.5, 0.6) is 0 Å². The summed E-state index contributed by atoms with van der Waals surface area (Å²) < 4.78 is 0. The maximum absolute atomic E-state index is 10.3. The molecule has 0 aliphatic heterocycles. The number of fused-ring (bicyclic) bond motifs is 1. The molecule has 4 heteroatoms. The molecule has 0 aliphatic carbocycles. The summed E-state index contributed by atoms with van der Waals surface area (Å²) in [7, 11) is 0. The largest absolute Gasteiger partial charge is 0.345 e. The maximum atomic E-state index is 10.3. The topological polar surface area (TPSA) is 58.1 Å². The molecule has 0 saturated heterocycles. The van der Waals surface area contributed by atoms with E-state index in [1.165, 1.54) is 0 Å². The van der Waals surface area contributed by atoms with Crippen LogP contribution in [0, 0.1) is 13.8 Å². The minimum absolute atomic E-state index is 0.608. The van der Waals surface area contributed by atoms with Gasteiger partial charge in [-0.2, -0.15) is 4.99 Å². The van der Waals surface area contributed by atoms with E-state index < -0.39 is 0 Å². The Bertz CT molecular complexity index is 536. The van der Waals surface area contributed by atoms with Crippen LogP contribution >= 0.6 is 0 Å². The van der Waals surface area contributed by atoms with E-state index in [1.54, 1.807) is 12.4 Å². The average molecular weight is 187 g/mol. The molecule has 0 saturated carbocycles. The first-order valence-electron chi connectivity index (χ1n) is 4.25. The van der Waals surface area contributed by atoms with E-state index in [9.17, 15) is 4.79 Å². The molecule has 0 fully saturated rings. The highest BCUT2D eigenvalue weighted by Crippen LogP contribution is 2.29. The monoisotopic (exact) mass is 187 g/mol. The Labute approximate surface area is 80.7 Å². The van der Waals surface area contributed by atoms with Crippen molar-refractivity contribution >= 4 is 22.8 Å². The van der Waals surface area contributed by atoms with Gasteiger partial charge in [0, 0.05) is 0 Å². The summed E-state index contributed by atoms with van der Waals surface area (Å²) in [4.78, 5) is 21.0. The number of hydrogen-bond donors (Lipinski definition) is 1. The van der Waals surface area contributed by atoms with Crippen LogP contribution in [0.4, 0.5) is 5.69 Å².